The Morgan fingerprint density at radius 3 is 2.71 bits per heavy atom. The van der Waals surface area contributed by atoms with Crippen molar-refractivity contribution < 1.29 is 10.2 Å². The molecule has 2 aromatic heterocycles. The smallest absolute Gasteiger partial charge is 0.196 e. The monoisotopic (exact) mass is 299 g/mol. The Morgan fingerprint density at radius 1 is 1.14 bits per heavy atom. The van der Waals surface area contributed by atoms with Crippen LogP contribution < -0.4 is 4.90 Å². The van der Waals surface area contributed by atoms with Crippen molar-refractivity contribution in [2.75, 3.05) is 4.90 Å². The average Bonchev–Trinajstić information content (AvgIpc) is 2.97. The molecular formula is C15H13N3O2S. The van der Waals surface area contributed by atoms with Crippen LogP contribution in [0.2, 0.25) is 0 Å². The number of aliphatic hydroxyl groups excluding tert-OH is 1. The highest BCUT2D eigenvalue weighted by atomic mass is 32.1. The molecule has 0 saturated carbocycles. The molecule has 0 spiro atoms. The maximum Gasteiger partial charge on any atom is 0.196 e. The Morgan fingerprint density at radius 2 is 2.05 bits per heavy atom. The van der Waals surface area contributed by atoms with Crippen molar-refractivity contribution in [2.24, 2.45) is 0 Å². The summed E-state index contributed by atoms with van der Waals surface area (Å²) < 4.78 is 0. The number of benzene rings is 1. The highest BCUT2D eigenvalue weighted by molar-refractivity contribution is 7.13. The first kappa shape index (κ1) is 13.5. The van der Waals surface area contributed by atoms with Gasteiger partial charge in [-0.1, -0.05) is 12.1 Å². The third-order valence-corrected chi connectivity index (χ3v) is 3.73. The van der Waals surface area contributed by atoms with Gasteiger partial charge in [-0.25, -0.2) is 9.97 Å². The number of phenolic OH excluding ortho intramolecular Hbond substituents is 1. The number of aliphatic hydroxyl groups is 1. The number of phenols is 1. The van der Waals surface area contributed by atoms with Gasteiger partial charge in [0, 0.05) is 17.6 Å². The minimum absolute atomic E-state index is 0.105. The summed E-state index contributed by atoms with van der Waals surface area (Å²) in [6.07, 6.45) is 1.70. The molecule has 2 N–H and O–H groups in total. The lowest BCUT2D eigenvalue weighted by atomic mass is 10.2. The van der Waals surface area contributed by atoms with E-state index in [1.165, 1.54) is 11.3 Å². The third-order valence-electron chi connectivity index (χ3n) is 2.86. The van der Waals surface area contributed by atoms with E-state index in [1.807, 2.05) is 29.2 Å². The summed E-state index contributed by atoms with van der Waals surface area (Å²) in [6.45, 7) is -0.105. The number of rotatable bonds is 4. The number of pyridine rings is 1. The summed E-state index contributed by atoms with van der Waals surface area (Å²) in [5.74, 6) is 0.870. The summed E-state index contributed by atoms with van der Waals surface area (Å²) in [5.41, 5.74) is 1.36. The zero-order chi connectivity index (χ0) is 14.7. The van der Waals surface area contributed by atoms with E-state index in [9.17, 15) is 10.2 Å². The third kappa shape index (κ3) is 2.86. The second-order valence-corrected chi connectivity index (χ2v) is 5.16. The number of aromatic hydroxyl groups is 1. The van der Waals surface area contributed by atoms with Crippen molar-refractivity contribution in [1.29, 1.82) is 0 Å². The van der Waals surface area contributed by atoms with Gasteiger partial charge in [0.2, 0.25) is 0 Å². The van der Waals surface area contributed by atoms with E-state index in [-0.39, 0.29) is 12.4 Å². The second-order valence-electron chi connectivity index (χ2n) is 4.32. The number of aromatic nitrogens is 2. The Hall–Kier alpha value is -2.44. The minimum Gasteiger partial charge on any atom is -0.508 e. The van der Waals surface area contributed by atoms with Gasteiger partial charge in [0.1, 0.15) is 11.6 Å². The van der Waals surface area contributed by atoms with Crippen LogP contribution >= 0.6 is 11.3 Å². The van der Waals surface area contributed by atoms with E-state index in [0.717, 1.165) is 5.69 Å². The molecule has 6 heteroatoms. The molecule has 0 atom stereocenters. The molecule has 21 heavy (non-hydrogen) atoms. The normalized spacial score (nSPS) is 10.5. The second kappa shape index (κ2) is 5.90. The minimum atomic E-state index is -0.105. The van der Waals surface area contributed by atoms with Gasteiger partial charge in [0.15, 0.2) is 5.13 Å². The number of anilines is 3. The van der Waals surface area contributed by atoms with Gasteiger partial charge in [0.05, 0.1) is 18.0 Å². The van der Waals surface area contributed by atoms with Gasteiger partial charge in [-0.15, -0.1) is 11.3 Å². The van der Waals surface area contributed by atoms with Gasteiger partial charge in [0.25, 0.3) is 0 Å². The van der Waals surface area contributed by atoms with Crippen LogP contribution in [0.5, 0.6) is 5.75 Å². The van der Waals surface area contributed by atoms with Crippen molar-refractivity contribution in [3.05, 3.63) is 59.7 Å². The number of hydrogen-bond acceptors (Lipinski definition) is 6. The van der Waals surface area contributed by atoms with Crippen LogP contribution in [0, 0.1) is 0 Å². The van der Waals surface area contributed by atoms with Crippen molar-refractivity contribution in [2.45, 2.75) is 6.61 Å². The lowest BCUT2D eigenvalue weighted by Gasteiger charge is -2.21. The standard InChI is InChI=1S/C15H13N3O2S/c19-9-11-10-21-15(17-11)18(14-6-1-2-7-16-14)12-4-3-5-13(20)8-12/h1-8,10,19-20H,9H2. The van der Waals surface area contributed by atoms with Crippen molar-refractivity contribution >= 4 is 28.0 Å². The number of thiazole rings is 1. The molecule has 0 aliphatic carbocycles. The molecule has 0 unspecified atom stereocenters. The molecule has 0 radical (unpaired) electrons. The fraction of sp³-hybridized carbons (Fsp3) is 0.0667. The molecule has 106 valence electrons. The lowest BCUT2D eigenvalue weighted by Crippen LogP contribution is -2.11. The molecular weight excluding hydrogens is 286 g/mol. The molecule has 0 fully saturated rings. The van der Waals surface area contributed by atoms with E-state index in [1.54, 1.807) is 29.8 Å². The van der Waals surface area contributed by atoms with Crippen LogP contribution in [0.25, 0.3) is 0 Å². The molecule has 5 nitrogen and oxygen atoms in total. The molecule has 0 amide bonds. The van der Waals surface area contributed by atoms with E-state index < -0.39 is 0 Å². The topological polar surface area (TPSA) is 69.5 Å². The SMILES string of the molecule is OCc1csc(N(c2cccc(O)c2)c2ccccn2)n1. The van der Waals surface area contributed by atoms with Crippen LogP contribution in [0.3, 0.4) is 0 Å². The zero-order valence-corrected chi connectivity index (χ0v) is 11.9. The maximum atomic E-state index is 9.70. The Balaban J connectivity index is 2.11. The van der Waals surface area contributed by atoms with Crippen LogP contribution in [-0.4, -0.2) is 20.2 Å². The fourth-order valence-corrected chi connectivity index (χ4v) is 2.77. The largest absolute Gasteiger partial charge is 0.508 e. The number of nitrogens with zero attached hydrogens (tertiary/aromatic N) is 3. The highest BCUT2D eigenvalue weighted by Crippen LogP contribution is 2.36. The van der Waals surface area contributed by atoms with E-state index in [4.69, 9.17) is 0 Å². The van der Waals surface area contributed by atoms with E-state index >= 15 is 0 Å². The van der Waals surface area contributed by atoms with Gasteiger partial charge in [-0.3, -0.25) is 4.90 Å². The van der Waals surface area contributed by atoms with Crippen molar-refractivity contribution in [1.82, 2.24) is 9.97 Å². The van der Waals surface area contributed by atoms with Gasteiger partial charge in [-0.05, 0) is 24.3 Å². The summed E-state index contributed by atoms with van der Waals surface area (Å²) in [7, 11) is 0. The van der Waals surface area contributed by atoms with Gasteiger partial charge in [-0.2, -0.15) is 0 Å². The van der Waals surface area contributed by atoms with Gasteiger partial charge < -0.3 is 10.2 Å². The molecule has 0 aliphatic heterocycles. The van der Waals surface area contributed by atoms with E-state index in [2.05, 4.69) is 9.97 Å². The Labute approximate surface area is 125 Å². The Bertz CT molecular complexity index is 731. The molecule has 1 aromatic carbocycles. The first-order valence-electron chi connectivity index (χ1n) is 6.33. The Kier molecular flexibility index (Phi) is 3.81. The molecule has 0 saturated heterocycles. The van der Waals surface area contributed by atoms with Crippen molar-refractivity contribution in [3.8, 4) is 5.75 Å². The van der Waals surface area contributed by atoms with Crippen LogP contribution in [0.15, 0.2) is 54.0 Å². The predicted octanol–water partition coefficient (Wildman–Crippen LogP) is 3.21. The zero-order valence-electron chi connectivity index (χ0n) is 11.0. The molecule has 3 aromatic rings. The van der Waals surface area contributed by atoms with E-state index in [0.29, 0.717) is 16.6 Å². The quantitative estimate of drug-likeness (QED) is 0.774. The average molecular weight is 299 g/mol. The van der Waals surface area contributed by atoms with Crippen LogP contribution in [0.1, 0.15) is 5.69 Å². The maximum absolute atomic E-state index is 9.70. The molecule has 2 heterocycles. The fourth-order valence-electron chi connectivity index (χ4n) is 1.93. The predicted molar refractivity (Wildman–Crippen MR) is 82.2 cm³/mol. The van der Waals surface area contributed by atoms with Crippen LogP contribution in [0.4, 0.5) is 16.6 Å². The molecule has 3 rings (SSSR count). The lowest BCUT2D eigenvalue weighted by molar-refractivity contribution is 0.278. The first-order valence-corrected chi connectivity index (χ1v) is 7.21. The van der Waals surface area contributed by atoms with Gasteiger partial charge >= 0.3 is 0 Å². The highest BCUT2D eigenvalue weighted by Gasteiger charge is 2.17. The molecule has 0 aliphatic rings. The first-order chi connectivity index (χ1) is 10.3. The van der Waals surface area contributed by atoms with Crippen molar-refractivity contribution in [3.63, 3.8) is 0 Å². The molecule has 0 bridgehead atoms. The summed E-state index contributed by atoms with van der Waals surface area (Å²) in [4.78, 5) is 10.6. The summed E-state index contributed by atoms with van der Waals surface area (Å²) >= 11 is 1.41. The summed E-state index contributed by atoms with van der Waals surface area (Å²) in [6, 6.07) is 12.5. The number of hydrogen-bond donors (Lipinski definition) is 2. The summed E-state index contributed by atoms with van der Waals surface area (Å²) in [5, 5.41) is 21.4. The van der Waals surface area contributed by atoms with Crippen LogP contribution in [-0.2, 0) is 6.61 Å².